The molecule has 0 spiro atoms. The van der Waals surface area contributed by atoms with Crippen LogP contribution in [-0.2, 0) is 0 Å². The van der Waals surface area contributed by atoms with E-state index in [1.54, 1.807) is 0 Å². The van der Waals surface area contributed by atoms with Crippen molar-refractivity contribution in [3.05, 3.63) is 163 Å². The minimum Gasteiger partial charge on any atom is -0.319 e. The number of anilines is 2. The summed E-state index contributed by atoms with van der Waals surface area (Å²) in [6.07, 6.45) is 9.88. The van der Waals surface area contributed by atoms with Crippen LogP contribution in [-0.4, -0.2) is 20.6 Å². The molecule has 1 atom stereocenters. The lowest BCUT2D eigenvalue weighted by molar-refractivity contribution is 0.770. The maximum Gasteiger partial charge on any atom is 0.127 e. The summed E-state index contributed by atoms with van der Waals surface area (Å²) in [5, 5.41) is 1.22. The molecule has 1 unspecified atom stereocenters. The normalized spacial score (nSPS) is 14.8. The van der Waals surface area contributed by atoms with Gasteiger partial charge in [-0.15, -0.1) is 0 Å². The van der Waals surface area contributed by atoms with Crippen molar-refractivity contribution in [1.82, 2.24) is 14.5 Å². The third-order valence-electron chi connectivity index (χ3n) is 9.56. The van der Waals surface area contributed by atoms with Crippen molar-refractivity contribution in [1.29, 1.82) is 0 Å². The Bertz CT molecular complexity index is 2360. The van der Waals surface area contributed by atoms with Gasteiger partial charge in [-0.3, -0.25) is 14.5 Å². The number of para-hydroxylation sites is 2. The van der Waals surface area contributed by atoms with Gasteiger partial charge in [-0.2, -0.15) is 0 Å². The van der Waals surface area contributed by atoms with Crippen molar-refractivity contribution < 1.29 is 0 Å². The Balaban J connectivity index is 1.43. The molecule has 3 aromatic heterocycles. The Morgan fingerprint density at radius 3 is 1.94 bits per heavy atom. The molecule has 0 N–H and O–H groups in total. The van der Waals surface area contributed by atoms with Crippen molar-refractivity contribution >= 4 is 22.4 Å². The molecule has 2 aliphatic rings. The zero-order valence-electron chi connectivity index (χ0n) is 27.0. The molecule has 4 aromatic carbocycles. The fourth-order valence-electron chi connectivity index (χ4n) is 7.48. The van der Waals surface area contributed by atoms with Gasteiger partial charge in [-0.1, -0.05) is 97.1 Å². The quantitative estimate of drug-likeness (QED) is 0.197. The number of rotatable bonds is 4. The monoisotopic (exact) mass is 618 g/mol. The molecule has 7 aromatic rings. The fraction of sp³-hybridized carbons (Fsp3) is 0.0909. The topological polar surface area (TPSA) is 34.0 Å². The van der Waals surface area contributed by atoms with Crippen LogP contribution >= 0.6 is 0 Å². The third kappa shape index (κ3) is 4.60. The molecular weight excluding hydrogens is 585 g/mol. The van der Waals surface area contributed by atoms with Crippen molar-refractivity contribution in [3.8, 4) is 50.5 Å². The molecule has 4 heterocycles. The van der Waals surface area contributed by atoms with Gasteiger partial charge < -0.3 is 4.90 Å². The van der Waals surface area contributed by atoms with E-state index < -0.39 is 0 Å². The molecule has 4 heteroatoms. The lowest BCUT2D eigenvalue weighted by Gasteiger charge is -2.34. The number of nitrogens with zero attached hydrogens (tertiary/aromatic N) is 4. The molecule has 9 rings (SSSR count). The van der Waals surface area contributed by atoms with E-state index in [9.17, 15) is 0 Å². The lowest BCUT2D eigenvalue weighted by Crippen LogP contribution is -2.31. The van der Waals surface area contributed by atoms with Crippen LogP contribution in [0.15, 0.2) is 152 Å². The first-order valence-corrected chi connectivity index (χ1v) is 16.6. The molecule has 0 saturated carbocycles. The van der Waals surface area contributed by atoms with Gasteiger partial charge in [0.2, 0.25) is 0 Å². The molecule has 230 valence electrons. The molecule has 0 bridgehead atoms. The molecule has 1 aliphatic carbocycles. The van der Waals surface area contributed by atoms with E-state index in [-0.39, 0.29) is 6.04 Å². The first-order chi connectivity index (χ1) is 23.6. The van der Waals surface area contributed by atoms with Crippen LogP contribution in [0.2, 0.25) is 0 Å². The first-order valence-electron chi connectivity index (χ1n) is 16.6. The molecule has 0 amide bonds. The summed E-state index contributed by atoms with van der Waals surface area (Å²) in [4.78, 5) is 12.5. The number of aryl methyl sites for hydroxylation is 2. The van der Waals surface area contributed by atoms with Gasteiger partial charge in [0.05, 0.1) is 28.6 Å². The van der Waals surface area contributed by atoms with Crippen LogP contribution in [0.25, 0.3) is 61.4 Å². The minimum atomic E-state index is 0.131. The molecular formula is C44H34N4. The van der Waals surface area contributed by atoms with E-state index in [0.717, 1.165) is 57.3 Å². The zero-order valence-corrected chi connectivity index (χ0v) is 27.0. The standard InChI is InChI=1S/C44H34N4/c1-29-14-12-22-39(45-29)31-26-32(40-23-13-15-30(2)46-40)28-34(27-31)48-42-25-11-9-21-38(42)43-37-20-7-6-18-35(37)36-19-8-10-24-41(36)47(44(43)48)33-16-4-3-5-17-33/h3-16,18-28,33H,17H2,1-2H3. The van der Waals surface area contributed by atoms with Crippen LogP contribution < -0.4 is 4.90 Å². The van der Waals surface area contributed by atoms with E-state index >= 15 is 0 Å². The Morgan fingerprint density at radius 2 is 1.25 bits per heavy atom. The Labute approximate surface area is 281 Å². The van der Waals surface area contributed by atoms with E-state index in [1.807, 2.05) is 0 Å². The average molecular weight is 619 g/mol. The Morgan fingerprint density at radius 1 is 0.604 bits per heavy atom. The summed E-state index contributed by atoms with van der Waals surface area (Å²) in [5.74, 6) is 1.16. The SMILES string of the molecule is Cc1cccc(-c2cc(-c3cccc(C)n3)cc(-n3c4c(c5ccccc53)-c3ccccc3-c3ccccc3N4C3C=CC=CC3)c2)n1. The predicted octanol–water partition coefficient (Wildman–Crippen LogP) is 11.0. The van der Waals surface area contributed by atoms with E-state index in [1.165, 1.54) is 33.3 Å². The summed E-state index contributed by atoms with van der Waals surface area (Å²) in [7, 11) is 0. The number of aromatic nitrogens is 3. The number of allylic oxidation sites excluding steroid dienone is 2. The van der Waals surface area contributed by atoms with Crippen molar-refractivity contribution in [2.45, 2.75) is 26.3 Å². The number of pyridine rings is 2. The highest BCUT2D eigenvalue weighted by Crippen LogP contribution is 2.53. The summed E-state index contributed by atoms with van der Waals surface area (Å²) in [6.45, 7) is 4.10. The van der Waals surface area contributed by atoms with E-state index in [4.69, 9.17) is 9.97 Å². The molecule has 0 radical (unpaired) electrons. The third-order valence-corrected chi connectivity index (χ3v) is 9.56. The van der Waals surface area contributed by atoms with Crippen LogP contribution in [0.3, 0.4) is 0 Å². The lowest BCUT2D eigenvalue weighted by atomic mass is 9.94. The number of fused-ring (bicyclic) bond motifs is 7. The number of benzene rings is 4. The highest BCUT2D eigenvalue weighted by molar-refractivity contribution is 6.11. The van der Waals surface area contributed by atoms with Crippen LogP contribution in [0.1, 0.15) is 17.8 Å². The van der Waals surface area contributed by atoms with Gasteiger partial charge in [0.1, 0.15) is 5.82 Å². The van der Waals surface area contributed by atoms with Crippen LogP contribution in [0.4, 0.5) is 11.5 Å². The van der Waals surface area contributed by atoms with Gasteiger partial charge in [-0.25, -0.2) is 0 Å². The predicted molar refractivity (Wildman–Crippen MR) is 199 cm³/mol. The van der Waals surface area contributed by atoms with E-state index in [2.05, 4.69) is 175 Å². The molecule has 1 aliphatic heterocycles. The summed E-state index contributed by atoms with van der Waals surface area (Å²) in [5.41, 5.74) is 14.4. The fourth-order valence-corrected chi connectivity index (χ4v) is 7.48. The molecule has 0 saturated heterocycles. The smallest absolute Gasteiger partial charge is 0.127 e. The summed E-state index contributed by atoms with van der Waals surface area (Å²) >= 11 is 0. The number of hydrogen-bond acceptors (Lipinski definition) is 3. The maximum atomic E-state index is 4.97. The molecule has 0 fully saturated rings. The highest BCUT2D eigenvalue weighted by Gasteiger charge is 2.34. The molecule has 4 nitrogen and oxygen atoms in total. The Hall–Kier alpha value is -6.00. The van der Waals surface area contributed by atoms with Gasteiger partial charge >= 0.3 is 0 Å². The zero-order chi connectivity index (χ0) is 32.2. The average Bonchev–Trinajstić information content (AvgIpc) is 3.40. The number of hydrogen-bond donors (Lipinski definition) is 0. The minimum absolute atomic E-state index is 0.131. The first kappa shape index (κ1) is 28.2. The van der Waals surface area contributed by atoms with Gasteiger partial charge in [0, 0.05) is 44.7 Å². The van der Waals surface area contributed by atoms with Crippen LogP contribution in [0, 0.1) is 13.8 Å². The van der Waals surface area contributed by atoms with Gasteiger partial charge in [0.15, 0.2) is 0 Å². The summed E-state index contributed by atoms with van der Waals surface area (Å²) in [6, 6.07) is 46.1. The van der Waals surface area contributed by atoms with Gasteiger partial charge in [0.25, 0.3) is 0 Å². The van der Waals surface area contributed by atoms with Crippen molar-refractivity contribution in [3.63, 3.8) is 0 Å². The second-order valence-electron chi connectivity index (χ2n) is 12.7. The van der Waals surface area contributed by atoms with Crippen LogP contribution in [0.5, 0.6) is 0 Å². The summed E-state index contributed by atoms with van der Waals surface area (Å²) < 4.78 is 2.48. The Kier molecular flexibility index (Phi) is 6.68. The van der Waals surface area contributed by atoms with Gasteiger partial charge in [-0.05, 0) is 86.0 Å². The maximum absolute atomic E-state index is 4.97. The second kappa shape index (κ2) is 11.4. The van der Waals surface area contributed by atoms with Crippen molar-refractivity contribution in [2.75, 3.05) is 4.90 Å². The largest absolute Gasteiger partial charge is 0.319 e. The highest BCUT2D eigenvalue weighted by atomic mass is 15.3. The van der Waals surface area contributed by atoms with Crippen molar-refractivity contribution in [2.24, 2.45) is 0 Å². The molecule has 48 heavy (non-hydrogen) atoms. The second-order valence-corrected chi connectivity index (χ2v) is 12.7. The van der Waals surface area contributed by atoms with E-state index in [0.29, 0.717) is 0 Å².